The van der Waals surface area contributed by atoms with Gasteiger partial charge in [-0.1, -0.05) is 32.4 Å². The molecule has 1 amide bonds. The summed E-state index contributed by atoms with van der Waals surface area (Å²) in [5.41, 5.74) is 5.41. The van der Waals surface area contributed by atoms with E-state index in [1.807, 2.05) is 13.8 Å². The van der Waals surface area contributed by atoms with Crippen LogP contribution in [0.3, 0.4) is 0 Å². The third kappa shape index (κ3) is 4.52. The Labute approximate surface area is 116 Å². The zero-order valence-corrected chi connectivity index (χ0v) is 11.5. The Morgan fingerprint density at radius 1 is 1.40 bits per heavy atom. The van der Waals surface area contributed by atoms with Crippen molar-refractivity contribution in [2.75, 3.05) is 0 Å². The van der Waals surface area contributed by atoms with Gasteiger partial charge in [0.15, 0.2) is 0 Å². The van der Waals surface area contributed by atoms with Gasteiger partial charge in [-0.05, 0) is 23.6 Å². The Bertz CT molecular complexity index is 460. The molecule has 2 atom stereocenters. The number of nitrogens with one attached hydrogen (secondary N) is 1. The third-order valence-electron chi connectivity index (χ3n) is 3.28. The molecule has 1 aromatic rings. The second kappa shape index (κ2) is 6.74. The van der Waals surface area contributed by atoms with Crippen molar-refractivity contribution in [3.05, 3.63) is 35.4 Å². The molecule has 0 radical (unpaired) electrons. The maximum absolute atomic E-state index is 12.5. The molecule has 0 unspecified atom stereocenters. The number of hydrogen-bond acceptors (Lipinski definition) is 2. The number of rotatable bonds is 5. The van der Waals surface area contributed by atoms with E-state index in [4.69, 9.17) is 5.73 Å². The van der Waals surface area contributed by atoms with Crippen molar-refractivity contribution in [1.29, 1.82) is 0 Å². The summed E-state index contributed by atoms with van der Waals surface area (Å²) in [6.07, 6.45) is -3.62. The topological polar surface area (TPSA) is 55.1 Å². The van der Waals surface area contributed by atoms with E-state index in [0.717, 1.165) is 18.6 Å². The van der Waals surface area contributed by atoms with Crippen LogP contribution in [-0.2, 0) is 17.5 Å². The van der Waals surface area contributed by atoms with Crippen molar-refractivity contribution in [3.8, 4) is 0 Å². The van der Waals surface area contributed by atoms with E-state index in [2.05, 4.69) is 5.32 Å². The first-order valence-corrected chi connectivity index (χ1v) is 6.45. The van der Waals surface area contributed by atoms with Gasteiger partial charge in [0.05, 0.1) is 11.6 Å². The van der Waals surface area contributed by atoms with Crippen LogP contribution in [0.2, 0.25) is 0 Å². The standard InChI is InChI=1S/C14H19F3N2O/c1-3-9(2)12(18)13(20)19-8-10-5-4-6-11(7-10)14(15,16)17/h4-7,9,12H,3,8,18H2,1-2H3,(H,19,20)/t9-,12-/m0/s1. The minimum absolute atomic E-state index is 0.0245. The van der Waals surface area contributed by atoms with Crippen LogP contribution in [0.1, 0.15) is 31.4 Å². The summed E-state index contributed by atoms with van der Waals surface area (Å²) < 4.78 is 37.6. The minimum Gasteiger partial charge on any atom is -0.351 e. The first-order valence-electron chi connectivity index (χ1n) is 6.45. The highest BCUT2D eigenvalue weighted by atomic mass is 19.4. The lowest BCUT2D eigenvalue weighted by Crippen LogP contribution is -2.44. The van der Waals surface area contributed by atoms with E-state index < -0.39 is 17.8 Å². The molecule has 0 heterocycles. The van der Waals surface area contributed by atoms with Crippen molar-refractivity contribution in [2.24, 2.45) is 11.7 Å². The lowest BCUT2D eigenvalue weighted by Gasteiger charge is -2.18. The van der Waals surface area contributed by atoms with E-state index in [1.165, 1.54) is 12.1 Å². The van der Waals surface area contributed by atoms with Crippen LogP contribution in [0, 0.1) is 5.92 Å². The third-order valence-corrected chi connectivity index (χ3v) is 3.28. The highest BCUT2D eigenvalue weighted by Crippen LogP contribution is 2.29. The molecule has 0 spiro atoms. The quantitative estimate of drug-likeness (QED) is 0.875. The number of halogens is 3. The summed E-state index contributed by atoms with van der Waals surface area (Å²) in [5.74, 6) is -0.326. The number of carbonyl (C=O) groups is 1. The van der Waals surface area contributed by atoms with Crippen LogP contribution in [0.15, 0.2) is 24.3 Å². The maximum Gasteiger partial charge on any atom is 0.416 e. The number of carbonyl (C=O) groups excluding carboxylic acids is 1. The van der Waals surface area contributed by atoms with Gasteiger partial charge in [-0.3, -0.25) is 4.79 Å². The van der Waals surface area contributed by atoms with Crippen LogP contribution >= 0.6 is 0 Å². The summed E-state index contributed by atoms with van der Waals surface area (Å²) in [4.78, 5) is 11.7. The molecule has 6 heteroatoms. The predicted molar refractivity (Wildman–Crippen MR) is 70.7 cm³/mol. The Balaban J connectivity index is 2.64. The van der Waals surface area contributed by atoms with Crippen LogP contribution in [0.4, 0.5) is 13.2 Å². The second-order valence-electron chi connectivity index (χ2n) is 4.83. The fourth-order valence-electron chi connectivity index (χ4n) is 1.68. The maximum atomic E-state index is 12.5. The summed E-state index contributed by atoms with van der Waals surface area (Å²) in [6, 6.07) is 4.22. The van der Waals surface area contributed by atoms with Crippen LogP contribution in [0.5, 0.6) is 0 Å². The molecule has 0 aromatic heterocycles. The fraction of sp³-hybridized carbons (Fsp3) is 0.500. The van der Waals surface area contributed by atoms with Gasteiger partial charge in [-0.25, -0.2) is 0 Å². The van der Waals surface area contributed by atoms with Gasteiger partial charge >= 0.3 is 6.18 Å². The highest BCUT2D eigenvalue weighted by molar-refractivity contribution is 5.81. The zero-order chi connectivity index (χ0) is 15.3. The lowest BCUT2D eigenvalue weighted by atomic mass is 9.99. The Morgan fingerprint density at radius 3 is 2.60 bits per heavy atom. The van der Waals surface area contributed by atoms with Crippen molar-refractivity contribution in [1.82, 2.24) is 5.32 Å². The summed E-state index contributed by atoms with van der Waals surface area (Å²) >= 11 is 0. The molecule has 0 fully saturated rings. The van der Waals surface area contributed by atoms with Crippen molar-refractivity contribution in [3.63, 3.8) is 0 Å². The van der Waals surface area contributed by atoms with Crippen molar-refractivity contribution in [2.45, 2.75) is 39.0 Å². The number of amides is 1. The van der Waals surface area contributed by atoms with E-state index in [1.54, 1.807) is 0 Å². The van der Waals surface area contributed by atoms with E-state index in [9.17, 15) is 18.0 Å². The smallest absolute Gasteiger partial charge is 0.351 e. The molecule has 0 saturated heterocycles. The van der Waals surface area contributed by atoms with Gasteiger partial charge in [0, 0.05) is 6.54 Å². The van der Waals surface area contributed by atoms with Gasteiger partial charge in [-0.15, -0.1) is 0 Å². The van der Waals surface area contributed by atoms with Gasteiger partial charge in [0.2, 0.25) is 5.91 Å². The van der Waals surface area contributed by atoms with E-state index >= 15 is 0 Å². The summed E-state index contributed by atoms with van der Waals surface area (Å²) in [5, 5.41) is 2.56. The van der Waals surface area contributed by atoms with E-state index in [-0.39, 0.29) is 18.4 Å². The average molecular weight is 288 g/mol. The minimum atomic E-state index is -4.38. The molecule has 20 heavy (non-hydrogen) atoms. The molecule has 0 aliphatic heterocycles. The lowest BCUT2D eigenvalue weighted by molar-refractivity contribution is -0.137. The molecular weight excluding hydrogens is 269 g/mol. The fourth-order valence-corrected chi connectivity index (χ4v) is 1.68. The van der Waals surface area contributed by atoms with Crippen molar-refractivity contribution >= 4 is 5.91 Å². The normalized spacial score (nSPS) is 14.7. The molecule has 0 bridgehead atoms. The first-order chi connectivity index (χ1) is 9.25. The van der Waals surface area contributed by atoms with Crippen LogP contribution in [0.25, 0.3) is 0 Å². The molecule has 0 aliphatic rings. The van der Waals surface area contributed by atoms with Gasteiger partial charge in [0.1, 0.15) is 0 Å². The first kappa shape index (κ1) is 16.5. The number of benzene rings is 1. The Hall–Kier alpha value is -1.56. The Morgan fingerprint density at radius 2 is 2.05 bits per heavy atom. The number of nitrogens with two attached hydrogens (primary N) is 1. The van der Waals surface area contributed by atoms with Gasteiger partial charge in [0.25, 0.3) is 0 Å². The predicted octanol–water partition coefficient (Wildman–Crippen LogP) is 2.70. The Kier molecular flexibility index (Phi) is 5.56. The van der Waals surface area contributed by atoms with Gasteiger partial charge in [-0.2, -0.15) is 13.2 Å². The molecule has 112 valence electrons. The number of hydrogen-bond donors (Lipinski definition) is 2. The SMILES string of the molecule is CC[C@H](C)[C@H](N)C(=O)NCc1cccc(C(F)(F)F)c1. The monoisotopic (exact) mass is 288 g/mol. The summed E-state index contributed by atoms with van der Waals surface area (Å²) in [6.45, 7) is 3.81. The highest BCUT2D eigenvalue weighted by Gasteiger charge is 2.30. The van der Waals surface area contributed by atoms with Crippen LogP contribution < -0.4 is 11.1 Å². The molecule has 0 saturated carbocycles. The molecular formula is C14H19F3N2O. The molecule has 1 rings (SSSR count). The van der Waals surface area contributed by atoms with Gasteiger partial charge < -0.3 is 11.1 Å². The zero-order valence-electron chi connectivity index (χ0n) is 11.5. The van der Waals surface area contributed by atoms with E-state index in [0.29, 0.717) is 5.56 Å². The van der Waals surface area contributed by atoms with Crippen LogP contribution in [-0.4, -0.2) is 11.9 Å². The molecule has 3 nitrogen and oxygen atoms in total. The van der Waals surface area contributed by atoms with Crippen molar-refractivity contribution < 1.29 is 18.0 Å². The molecule has 1 aromatic carbocycles. The number of alkyl halides is 3. The second-order valence-corrected chi connectivity index (χ2v) is 4.83. The summed E-state index contributed by atoms with van der Waals surface area (Å²) in [7, 11) is 0. The average Bonchev–Trinajstić information content (AvgIpc) is 2.42. The molecule has 3 N–H and O–H groups in total. The largest absolute Gasteiger partial charge is 0.416 e. The molecule has 0 aliphatic carbocycles.